The summed E-state index contributed by atoms with van der Waals surface area (Å²) in [7, 11) is 1.41. The number of nitrogens with zero attached hydrogens (tertiary/aromatic N) is 1. The van der Waals surface area contributed by atoms with E-state index < -0.39 is 10.8 Å². The number of nitro benzene ring substituents is 1. The summed E-state index contributed by atoms with van der Waals surface area (Å²) >= 11 is 1.32. The van der Waals surface area contributed by atoms with E-state index in [1.165, 1.54) is 31.0 Å². The molecule has 1 aromatic rings. The molecule has 0 aromatic heterocycles. The lowest BCUT2D eigenvalue weighted by Crippen LogP contribution is -2.13. The van der Waals surface area contributed by atoms with Gasteiger partial charge in [0.05, 0.1) is 23.0 Å². The van der Waals surface area contributed by atoms with Crippen molar-refractivity contribution in [3.05, 3.63) is 27.8 Å². The Kier molecular flexibility index (Phi) is 3.73. The minimum Gasteiger partial charge on any atom is -0.495 e. The first-order valence-electron chi connectivity index (χ1n) is 4.21. The third kappa shape index (κ3) is 2.25. The van der Waals surface area contributed by atoms with E-state index in [4.69, 9.17) is 10.5 Å². The number of hydrogen-bond donors (Lipinski definition) is 1. The second-order valence-electron chi connectivity index (χ2n) is 2.85. The number of nitrogens with two attached hydrogens (primary N) is 1. The van der Waals surface area contributed by atoms with Gasteiger partial charge in [0, 0.05) is 0 Å². The van der Waals surface area contributed by atoms with Crippen LogP contribution in [0.2, 0.25) is 0 Å². The summed E-state index contributed by atoms with van der Waals surface area (Å²) in [6.07, 6.45) is 1.77. The normalized spacial score (nSPS) is 9.88. The maximum Gasteiger partial charge on any atom is 0.285 e. The summed E-state index contributed by atoms with van der Waals surface area (Å²) in [6, 6.07) is 2.57. The summed E-state index contributed by atoms with van der Waals surface area (Å²) in [5, 5.41) is 10.7. The third-order valence-electron chi connectivity index (χ3n) is 1.96. The first-order chi connectivity index (χ1) is 7.51. The molecule has 0 atom stereocenters. The largest absolute Gasteiger partial charge is 0.495 e. The lowest BCUT2D eigenvalue weighted by molar-refractivity contribution is -0.385. The first-order valence-corrected chi connectivity index (χ1v) is 5.44. The quantitative estimate of drug-likeness (QED) is 0.489. The molecular formula is C9H10N2O4S. The van der Waals surface area contributed by atoms with Crippen LogP contribution in [0.15, 0.2) is 17.0 Å². The molecule has 1 rings (SSSR count). The van der Waals surface area contributed by atoms with E-state index >= 15 is 0 Å². The number of nitro groups is 1. The van der Waals surface area contributed by atoms with E-state index in [9.17, 15) is 14.9 Å². The first kappa shape index (κ1) is 12.3. The van der Waals surface area contributed by atoms with Gasteiger partial charge in [0.15, 0.2) is 0 Å². The fourth-order valence-corrected chi connectivity index (χ4v) is 1.80. The monoisotopic (exact) mass is 242 g/mol. The Hall–Kier alpha value is -1.76. The molecule has 0 heterocycles. The van der Waals surface area contributed by atoms with Gasteiger partial charge in [-0.2, -0.15) is 0 Å². The van der Waals surface area contributed by atoms with Gasteiger partial charge in [0.1, 0.15) is 11.3 Å². The van der Waals surface area contributed by atoms with Gasteiger partial charge in [-0.1, -0.05) is 0 Å². The summed E-state index contributed by atoms with van der Waals surface area (Å²) in [4.78, 5) is 21.8. The number of ether oxygens (including phenoxy) is 1. The summed E-state index contributed by atoms with van der Waals surface area (Å²) < 4.78 is 4.98. The van der Waals surface area contributed by atoms with Crippen molar-refractivity contribution in [2.75, 3.05) is 13.4 Å². The number of carbonyl (C=O) groups excluding carboxylic acids is 1. The van der Waals surface area contributed by atoms with Gasteiger partial charge in [-0.25, -0.2) is 0 Å². The average molecular weight is 242 g/mol. The van der Waals surface area contributed by atoms with Gasteiger partial charge < -0.3 is 10.5 Å². The molecule has 0 spiro atoms. The van der Waals surface area contributed by atoms with Crippen molar-refractivity contribution < 1.29 is 14.5 Å². The molecule has 0 aliphatic rings. The molecule has 1 aromatic carbocycles. The van der Waals surface area contributed by atoms with Gasteiger partial charge in [-0.3, -0.25) is 14.9 Å². The molecule has 1 amide bonds. The van der Waals surface area contributed by atoms with Crippen molar-refractivity contribution in [2.45, 2.75) is 4.90 Å². The summed E-state index contributed by atoms with van der Waals surface area (Å²) in [5.41, 5.74) is 4.61. The fourth-order valence-electron chi connectivity index (χ4n) is 1.22. The highest BCUT2D eigenvalue weighted by Crippen LogP contribution is 2.34. The van der Waals surface area contributed by atoms with Crippen LogP contribution < -0.4 is 10.5 Å². The molecule has 2 N–H and O–H groups in total. The van der Waals surface area contributed by atoms with Gasteiger partial charge in [0.2, 0.25) is 0 Å². The van der Waals surface area contributed by atoms with E-state index in [0.29, 0.717) is 10.6 Å². The highest BCUT2D eigenvalue weighted by Gasteiger charge is 2.21. The Morgan fingerprint density at radius 1 is 1.56 bits per heavy atom. The lowest BCUT2D eigenvalue weighted by Gasteiger charge is -2.07. The van der Waals surface area contributed by atoms with Crippen molar-refractivity contribution in [3.8, 4) is 5.75 Å². The smallest absolute Gasteiger partial charge is 0.285 e. The Morgan fingerprint density at radius 3 is 2.56 bits per heavy atom. The van der Waals surface area contributed by atoms with Crippen molar-refractivity contribution in [3.63, 3.8) is 0 Å². The minimum atomic E-state index is -0.829. The Balaban J connectivity index is 3.47. The number of hydrogen-bond acceptors (Lipinski definition) is 5. The van der Waals surface area contributed by atoms with Crippen LogP contribution in [-0.4, -0.2) is 24.2 Å². The number of primary amides is 1. The molecule has 0 unspecified atom stereocenters. The maximum absolute atomic E-state index is 11.1. The topological polar surface area (TPSA) is 95.5 Å². The molecule has 16 heavy (non-hydrogen) atoms. The molecule has 0 aliphatic carbocycles. The predicted octanol–water partition coefficient (Wildman–Crippen LogP) is 1.42. The van der Waals surface area contributed by atoms with Crippen LogP contribution in [0.4, 0.5) is 5.69 Å². The number of rotatable bonds is 4. The zero-order valence-corrected chi connectivity index (χ0v) is 9.54. The van der Waals surface area contributed by atoms with Crippen LogP contribution >= 0.6 is 11.8 Å². The highest BCUT2D eigenvalue weighted by atomic mass is 32.2. The molecule has 0 aliphatic heterocycles. The van der Waals surface area contributed by atoms with Crippen LogP contribution in [0, 0.1) is 10.1 Å². The SMILES string of the molecule is COc1cc([N+](=O)[O-])c(C(N)=O)cc1SC. The Morgan fingerprint density at radius 2 is 2.19 bits per heavy atom. The molecule has 0 bridgehead atoms. The van der Waals surface area contributed by atoms with E-state index in [-0.39, 0.29) is 11.3 Å². The maximum atomic E-state index is 11.1. The van der Waals surface area contributed by atoms with Crippen LogP contribution in [0.3, 0.4) is 0 Å². The molecular weight excluding hydrogens is 232 g/mol. The minimum absolute atomic E-state index is 0.116. The fraction of sp³-hybridized carbons (Fsp3) is 0.222. The van der Waals surface area contributed by atoms with Crippen molar-refractivity contribution in [1.29, 1.82) is 0 Å². The van der Waals surface area contributed by atoms with Crippen molar-refractivity contribution in [1.82, 2.24) is 0 Å². The molecule has 0 saturated carbocycles. The van der Waals surface area contributed by atoms with Crippen LogP contribution in [0.1, 0.15) is 10.4 Å². The zero-order chi connectivity index (χ0) is 12.3. The van der Waals surface area contributed by atoms with E-state index in [1.807, 2.05) is 0 Å². The van der Waals surface area contributed by atoms with Crippen molar-refractivity contribution >= 4 is 23.4 Å². The Bertz CT molecular complexity index is 406. The van der Waals surface area contributed by atoms with Crippen LogP contribution in [0.5, 0.6) is 5.75 Å². The summed E-state index contributed by atoms with van der Waals surface area (Å²) in [5.74, 6) is -0.478. The number of thioether (sulfide) groups is 1. The molecule has 86 valence electrons. The van der Waals surface area contributed by atoms with Crippen LogP contribution in [-0.2, 0) is 0 Å². The second kappa shape index (κ2) is 4.84. The van der Waals surface area contributed by atoms with E-state index in [0.717, 1.165) is 0 Å². The highest BCUT2D eigenvalue weighted by molar-refractivity contribution is 7.98. The van der Waals surface area contributed by atoms with Crippen molar-refractivity contribution in [2.24, 2.45) is 5.73 Å². The summed E-state index contributed by atoms with van der Waals surface area (Å²) in [6.45, 7) is 0. The predicted molar refractivity (Wildman–Crippen MR) is 59.9 cm³/mol. The molecule has 0 saturated heterocycles. The van der Waals surface area contributed by atoms with Crippen LogP contribution in [0.25, 0.3) is 0 Å². The van der Waals surface area contributed by atoms with Gasteiger partial charge in [-0.15, -0.1) is 11.8 Å². The van der Waals surface area contributed by atoms with Gasteiger partial charge >= 0.3 is 0 Å². The zero-order valence-electron chi connectivity index (χ0n) is 8.72. The lowest BCUT2D eigenvalue weighted by atomic mass is 10.1. The number of carbonyl (C=O) groups is 1. The van der Waals surface area contributed by atoms with Gasteiger partial charge in [-0.05, 0) is 12.3 Å². The second-order valence-corrected chi connectivity index (χ2v) is 3.69. The molecule has 0 radical (unpaired) electrons. The molecule has 7 heteroatoms. The molecule has 6 nitrogen and oxygen atoms in total. The van der Waals surface area contributed by atoms with E-state index in [2.05, 4.69) is 0 Å². The standard InChI is InChI=1S/C9H10N2O4S/c1-15-7-4-6(11(13)14)5(9(10)12)3-8(7)16-2/h3-4H,1-2H3,(H2,10,12). The number of methoxy groups -OCH3 is 1. The van der Waals surface area contributed by atoms with E-state index in [1.54, 1.807) is 6.26 Å². The van der Waals surface area contributed by atoms with Gasteiger partial charge in [0.25, 0.3) is 11.6 Å². The Labute approximate surface area is 95.9 Å². The molecule has 0 fully saturated rings. The average Bonchev–Trinajstić information content (AvgIpc) is 2.26. The number of amides is 1. The third-order valence-corrected chi connectivity index (χ3v) is 2.72. The number of benzene rings is 1.